The molecular weight excluding hydrogens is 296 g/mol. The van der Waals surface area contributed by atoms with Crippen molar-refractivity contribution in [1.29, 1.82) is 0 Å². The maximum Gasteiger partial charge on any atom is 0.124 e. The van der Waals surface area contributed by atoms with Crippen LogP contribution in [0.5, 0.6) is 0 Å². The number of rotatable bonds is 2. The van der Waals surface area contributed by atoms with Crippen LogP contribution in [0.3, 0.4) is 0 Å². The molecule has 1 heterocycles. The third-order valence-corrected chi connectivity index (χ3v) is 3.22. The van der Waals surface area contributed by atoms with E-state index in [0.29, 0.717) is 0 Å². The fourth-order valence-corrected chi connectivity index (χ4v) is 2.03. The Morgan fingerprint density at radius 2 is 1.80 bits per heavy atom. The second-order valence-electron chi connectivity index (χ2n) is 2.73. The zero-order valence-corrected chi connectivity index (χ0v) is 10.7. The Balaban J connectivity index is 2.15. The van der Waals surface area contributed by atoms with Gasteiger partial charge in [-0.3, -0.25) is 0 Å². The average molecular weight is 302 g/mol. The van der Waals surface area contributed by atoms with Crippen LogP contribution in [0.1, 0.15) is 0 Å². The maximum absolute atomic E-state index is 5.79. The minimum absolute atomic E-state index is 0.737. The lowest BCUT2D eigenvalue weighted by Gasteiger charge is -2.00. The predicted octanol–water partition coefficient (Wildman–Crippen LogP) is 4.04. The van der Waals surface area contributed by atoms with Gasteiger partial charge in [-0.1, -0.05) is 23.4 Å². The Morgan fingerprint density at radius 1 is 1.07 bits per heavy atom. The predicted molar refractivity (Wildman–Crippen MR) is 65.3 cm³/mol. The molecule has 0 spiro atoms. The van der Waals surface area contributed by atoms with Crippen molar-refractivity contribution < 1.29 is 0 Å². The molecule has 0 saturated carbocycles. The van der Waals surface area contributed by atoms with Gasteiger partial charge >= 0.3 is 0 Å². The molecule has 2 rings (SSSR count). The molecule has 0 unspecified atom stereocenters. The summed E-state index contributed by atoms with van der Waals surface area (Å²) in [5.74, 6) is 0. The van der Waals surface area contributed by atoms with E-state index < -0.39 is 0 Å². The van der Waals surface area contributed by atoms with Gasteiger partial charge in [-0.05, 0) is 40.2 Å². The van der Waals surface area contributed by atoms with Crippen LogP contribution in [0.25, 0.3) is 0 Å². The van der Waals surface area contributed by atoms with Gasteiger partial charge < -0.3 is 0 Å². The Bertz CT molecular complexity index is 400. The van der Waals surface area contributed by atoms with Gasteiger partial charge in [-0.2, -0.15) is 0 Å². The van der Waals surface area contributed by atoms with Gasteiger partial charge in [-0.25, -0.2) is 9.97 Å². The van der Waals surface area contributed by atoms with Crippen LogP contribution in [-0.2, 0) is 0 Å². The van der Waals surface area contributed by atoms with Crippen molar-refractivity contribution in [2.24, 2.45) is 0 Å². The SMILES string of the molecule is Clc1ccc(Sc2cnc(Br)cn2)cc1. The van der Waals surface area contributed by atoms with Crippen LogP contribution in [0.4, 0.5) is 0 Å². The summed E-state index contributed by atoms with van der Waals surface area (Å²) in [5.41, 5.74) is 0. The summed E-state index contributed by atoms with van der Waals surface area (Å²) in [6, 6.07) is 7.62. The molecule has 2 nitrogen and oxygen atoms in total. The van der Waals surface area contributed by atoms with Gasteiger partial charge in [0.05, 0.1) is 12.4 Å². The molecule has 1 aromatic carbocycles. The van der Waals surface area contributed by atoms with E-state index in [1.807, 2.05) is 24.3 Å². The normalized spacial score (nSPS) is 10.3. The summed E-state index contributed by atoms with van der Waals surface area (Å²) < 4.78 is 0.739. The zero-order chi connectivity index (χ0) is 10.7. The second kappa shape index (κ2) is 4.96. The lowest BCUT2D eigenvalue weighted by atomic mass is 10.4. The molecule has 0 atom stereocenters. The molecule has 0 amide bonds. The molecular formula is C10H6BrClN2S. The molecule has 5 heteroatoms. The number of nitrogens with zero attached hydrogens (tertiary/aromatic N) is 2. The first kappa shape index (κ1) is 10.9. The van der Waals surface area contributed by atoms with Crippen LogP contribution in [-0.4, -0.2) is 9.97 Å². The molecule has 0 radical (unpaired) electrons. The van der Waals surface area contributed by atoms with E-state index in [1.54, 1.807) is 24.2 Å². The van der Waals surface area contributed by atoms with Crippen molar-refractivity contribution in [2.45, 2.75) is 9.92 Å². The zero-order valence-electron chi connectivity index (χ0n) is 7.52. The van der Waals surface area contributed by atoms with Gasteiger partial charge in [0.1, 0.15) is 9.63 Å². The van der Waals surface area contributed by atoms with Gasteiger partial charge in [0.25, 0.3) is 0 Å². The number of halogens is 2. The van der Waals surface area contributed by atoms with Crippen LogP contribution in [0.15, 0.2) is 51.2 Å². The monoisotopic (exact) mass is 300 g/mol. The smallest absolute Gasteiger partial charge is 0.124 e. The van der Waals surface area contributed by atoms with E-state index in [4.69, 9.17) is 11.6 Å². The third-order valence-electron chi connectivity index (χ3n) is 1.63. The van der Waals surface area contributed by atoms with Crippen molar-refractivity contribution in [3.63, 3.8) is 0 Å². The number of benzene rings is 1. The van der Waals surface area contributed by atoms with E-state index in [-0.39, 0.29) is 0 Å². The molecule has 0 N–H and O–H groups in total. The number of hydrogen-bond donors (Lipinski definition) is 0. The quantitative estimate of drug-likeness (QED) is 0.837. The summed E-state index contributed by atoms with van der Waals surface area (Å²) >= 11 is 10.6. The molecule has 1 aromatic heterocycles. The summed E-state index contributed by atoms with van der Waals surface area (Å²) in [6.07, 6.45) is 3.40. The van der Waals surface area contributed by atoms with Gasteiger partial charge in [0, 0.05) is 9.92 Å². The summed E-state index contributed by atoms with van der Waals surface area (Å²) in [5, 5.41) is 1.60. The maximum atomic E-state index is 5.79. The lowest BCUT2D eigenvalue weighted by molar-refractivity contribution is 1.03. The fourth-order valence-electron chi connectivity index (χ4n) is 0.977. The largest absolute Gasteiger partial charge is 0.245 e. The number of aromatic nitrogens is 2. The van der Waals surface area contributed by atoms with Crippen molar-refractivity contribution in [1.82, 2.24) is 9.97 Å². The van der Waals surface area contributed by atoms with Crippen molar-refractivity contribution >= 4 is 39.3 Å². The Labute approximate surface area is 105 Å². The highest BCUT2D eigenvalue weighted by Crippen LogP contribution is 2.26. The number of hydrogen-bond acceptors (Lipinski definition) is 3. The van der Waals surface area contributed by atoms with Gasteiger partial charge in [0.2, 0.25) is 0 Å². The first-order valence-electron chi connectivity index (χ1n) is 4.15. The molecule has 0 aliphatic carbocycles. The average Bonchev–Trinajstić information content (AvgIpc) is 2.25. The highest BCUT2D eigenvalue weighted by atomic mass is 79.9. The van der Waals surface area contributed by atoms with Crippen LogP contribution in [0, 0.1) is 0 Å². The molecule has 0 aliphatic rings. The van der Waals surface area contributed by atoms with Crippen LogP contribution < -0.4 is 0 Å². The molecule has 2 aromatic rings. The highest BCUT2D eigenvalue weighted by Gasteiger charge is 1.99. The molecule has 0 bridgehead atoms. The minimum atomic E-state index is 0.737. The first-order chi connectivity index (χ1) is 7.24. The topological polar surface area (TPSA) is 25.8 Å². The molecule has 0 aliphatic heterocycles. The van der Waals surface area contributed by atoms with E-state index in [2.05, 4.69) is 25.9 Å². The van der Waals surface area contributed by atoms with E-state index in [9.17, 15) is 0 Å². The summed E-state index contributed by atoms with van der Waals surface area (Å²) in [4.78, 5) is 9.41. The third kappa shape index (κ3) is 3.19. The molecule has 0 fully saturated rings. The Morgan fingerprint density at radius 3 is 2.40 bits per heavy atom. The van der Waals surface area contributed by atoms with Gasteiger partial charge in [0.15, 0.2) is 0 Å². The van der Waals surface area contributed by atoms with E-state index in [0.717, 1.165) is 19.5 Å². The molecule has 0 saturated heterocycles. The fraction of sp³-hybridized carbons (Fsp3) is 0. The Hall–Kier alpha value is -0.580. The Kier molecular flexibility index (Phi) is 3.61. The first-order valence-corrected chi connectivity index (χ1v) is 6.14. The van der Waals surface area contributed by atoms with E-state index in [1.165, 1.54) is 0 Å². The van der Waals surface area contributed by atoms with Crippen LogP contribution >= 0.6 is 39.3 Å². The van der Waals surface area contributed by atoms with Gasteiger partial charge in [-0.15, -0.1) is 0 Å². The molecule has 76 valence electrons. The second-order valence-corrected chi connectivity index (χ2v) is 5.08. The molecule has 15 heavy (non-hydrogen) atoms. The minimum Gasteiger partial charge on any atom is -0.245 e. The van der Waals surface area contributed by atoms with Crippen molar-refractivity contribution in [3.05, 3.63) is 46.3 Å². The van der Waals surface area contributed by atoms with Crippen LogP contribution in [0.2, 0.25) is 5.02 Å². The van der Waals surface area contributed by atoms with Crippen molar-refractivity contribution in [3.8, 4) is 0 Å². The standard InChI is InChI=1S/C10H6BrClN2S/c11-9-5-14-10(6-13-9)15-8-3-1-7(12)2-4-8/h1-6H. The van der Waals surface area contributed by atoms with Crippen molar-refractivity contribution in [2.75, 3.05) is 0 Å². The lowest BCUT2D eigenvalue weighted by Crippen LogP contribution is -1.82. The summed E-state index contributed by atoms with van der Waals surface area (Å²) in [7, 11) is 0. The van der Waals surface area contributed by atoms with E-state index >= 15 is 0 Å². The highest BCUT2D eigenvalue weighted by molar-refractivity contribution is 9.10. The summed E-state index contributed by atoms with van der Waals surface area (Å²) in [6.45, 7) is 0.